The van der Waals surface area contributed by atoms with Crippen molar-refractivity contribution in [2.24, 2.45) is 12.0 Å². The maximum atomic E-state index is 12.4. The van der Waals surface area contributed by atoms with Gasteiger partial charge in [0.1, 0.15) is 0 Å². The summed E-state index contributed by atoms with van der Waals surface area (Å²) in [5, 5.41) is 0. The van der Waals surface area contributed by atoms with Crippen molar-refractivity contribution in [1.82, 2.24) is 4.57 Å². The number of aryl methyl sites for hydroxylation is 2. The number of fused-ring (bicyclic) bond motifs is 1. The van der Waals surface area contributed by atoms with Crippen molar-refractivity contribution in [2.75, 3.05) is 7.11 Å². The number of nitrogens with zero attached hydrogens (tertiary/aromatic N) is 2. The molecule has 6 heteroatoms. The summed E-state index contributed by atoms with van der Waals surface area (Å²) in [6, 6.07) is 12.6. The van der Waals surface area contributed by atoms with E-state index in [0.717, 1.165) is 16.6 Å². The van der Waals surface area contributed by atoms with Crippen LogP contribution < -0.4 is 4.80 Å². The summed E-state index contributed by atoms with van der Waals surface area (Å²) in [4.78, 5) is 28.8. The third kappa shape index (κ3) is 3.39. The van der Waals surface area contributed by atoms with Crippen molar-refractivity contribution in [3.8, 4) is 0 Å². The predicted molar refractivity (Wildman–Crippen MR) is 97.8 cm³/mol. The van der Waals surface area contributed by atoms with Gasteiger partial charge in [0.15, 0.2) is 4.80 Å². The molecular weight excluding hydrogens is 336 g/mol. The van der Waals surface area contributed by atoms with Crippen LogP contribution in [0.15, 0.2) is 47.5 Å². The molecule has 0 radical (unpaired) electrons. The molecule has 0 saturated heterocycles. The molecule has 0 fully saturated rings. The molecule has 0 aliphatic carbocycles. The molecule has 0 saturated carbocycles. The maximum absolute atomic E-state index is 12.4. The highest BCUT2D eigenvalue weighted by atomic mass is 32.1. The van der Waals surface area contributed by atoms with Crippen molar-refractivity contribution >= 4 is 33.4 Å². The Morgan fingerprint density at radius 3 is 2.44 bits per heavy atom. The van der Waals surface area contributed by atoms with Crippen LogP contribution in [-0.4, -0.2) is 23.6 Å². The number of methoxy groups -OCH3 is 1. The van der Waals surface area contributed by atoms with E-state index in [1.54, 1.807) is 24.3 Å². The van der Waals surface area contributed by atoms with Crippen molar-refractivity contribution in [3.63, 3.8) is 0 Å². The highest BCUT2D eigenvalue weighted by molar-refractivity contribution is 7.16. The van der Waals surface area contributed by atoms with Crippen molar-refractivity contribution in [1.29, 1.82) is 0 Å². The molecule has 1 amide bonds. The average molecular weight is 354 g/mol. The molecule has 2 aromatic carbocycles. The quantitative estimate of drug-likeness (QED) is 0.678. The van der Waals surface area contributed by atoms with Gasteiger partial charge >= 0.3 is 5.97 Å². The van der Waals surface area contributed by atoms with Crippen LogP contribution >= 0.6 is 11.3 Å². The van der Waals surface area contributed by atoms with E-state index < -0.39 is 5.97 Å². The Hall–Kier alpha value is -2.73. The molecule has 0 N–H and O–H groups in total. The van der Waals surface area contributed by atoms with E-state index in [1.807, 2.05) is 11.6 Å². The molecule has 0 bridgehead atoms. The second kappa shape index (κ2) is 7.03. The first-order chi connectivity index (χ1) is 12.0. The molecular formula is C19H18N2O3S. The topological polar surface area (TPSA) is 60.7 Å². The predicted octanol–water partition coefficient (Wildman–Crippen LogP) is 3.33. The van der Waals surface area contributed by atoms with E-state index in [9.17, 15) is 9.59 Å². The monoisotopic (exact) mass is 354 g/mol. The van der Waals surface area contributed by atoms with Gasteiger partial charge in [-0.25, -0.2) is 4.79 Å². The Morgan fingerprint density at radius 2 is 1.80 bits per heavy atom. The van der Waals surface area contributed by atoms with E-state index in [0.29, 0.717) is 15.9 Å². The summed E-state index contributed by atoms with van der Waals surface area (Å²) in [5.74, 6) is -0.771. The number of ether oxygens (including phenoxy) is 1. The van der Waals surface area contributed by atoms with Crippen LogP contribution in [0.3, 0.4) is 0 Å². The fourth-order valence-corrected chi connectivity index (χ4v) is 3.60. The minimum Gasteiger partial charge on any atom is -0.465 e. The zero-order valence-corrected chi connectivity index (χ0v) is 15.1. The number of esters is 1. The molecule has 0 atom stereocenters. The third-order valence-corrected chi connectivity index (χ3v) is 5.13. The van der Waals surface area contributed by atoms with E-state index in [4.69, 9.17) is 0 Å². The van der Waals surface area contributed by atoms with Crippen LogP contribution in [0.4, 0.5) is 0 Å². The first-order valence-corrected chi connectivity index (χ1v) is 8.71. The van der Waals surface area contributed by atoms with Gasteiger partial charge in [-0.05, 0) is 48.4 Å². The average Bonchev–Trinajstić information content (AvgIpc) is 2.96. The molecule has 1 heterocycles. The van der Waals surface area contributed by atoms with Gasteiger partial charge in [0.05, 0.1) is 22.9 Å². The van der Waals surface area contributed by atoms with Crippen molar-refractivity contribution in [3.05, 3.63) is 64.0 Å². The Kier molecular flexibility index (Phi) is 4.81. The number of thiazole rings is 1. The van der Waals surface area contributed by atoms with Crippen LogP contribution in [0.2, 0.25) is 0 Å². The van der Waals surface area contributed by atoms with E-state index in [1.165, 1.54) is 24.0 Å². The molecule has 128 valence electrons. The highest BCUT2D eigenvalue weighted by Gasteiger charge is 2.10. The largest absolute Gasteiger partial charge is 0.465 e. The minimum atomic E-state index is -0.432. The summed E-state index contributed by atoms with van der Waals surface area (Å²) in [6.07, 6.45) is 0.968. The van der Waals surface area contributed by atoms with Crippen molar-refractivity contribution in [2.45, 2.75) is 13.3 Å². The first kappa shape index (κ1) is 17.1. The normalized spacial score (nSPS) is 11.7. The Morgan fingerprint density at radius 1 is 1.12 bits per heavy atom. The Bertz CT molecular complexity index is 1010. The van der Waals surface area contributed by atoms with Gasteiger partial charge in [0, 0.05) is 12.6 Å². The van der Waals surface area contributed by atoms with Gasteiger partial charge in [-0.2, -0.15) is 4.99 Å². The molecule has 0 spiro atoms. The van der Waals surface area contributed by atoms with E-state index >= 15 is 0 Å². The molecule has 3 rings (SSSR count). The van der Waals surface area contributed by atoms with Gasteiger partial charge < -0.3 is 9.30 Å². The molecule has 25 heavy (non-hydrogen) atoms. The number of aromatic nitrogens is 1. The maximum Gasteiger partial charge on any atom is 0.337 e. The smallest absolute Gasteiger partial charge is 0.337 e. The van der Waals surface area contributed by atoms with Crippen LogP contribution in [-0.2, 0) is 18.2 Å². The molecule has 0 unspecified atom stereocenters. The van der Waals surface area contributed by atoms with Crippen LogP contribution in [0, 0.1) is 0 Å². The Balaban J connectivity index is 1.97. The number of hydrogen-bond acceptors (Lipinski definition) is 4. The number of rotatable bonds is 3. The lowest BCUT2D eigenvalue weighted by molar-refractivity contribution is 0.0600. The van der Waals surface area contributed by atoms with Crippen molar-refractivity contribution < 1.29 is 14.3 Å². The molecule has 3 aromatic rings. The van der Waals surface area contributed by atoms with Gasteiger partial charge in [0.2, 0.25) is 0 Å². The molecule has 1 aromatic heterocycles. The fourth-order valence-electron chi connectivity index (χ4n) is 2.52. The number of amides is 1. The second-order valence-electron chi connectivity index (χ2n) is 5.59. The number of carbonyl (C=O) groups excluding carboxylic acids is 2. The number of benzene rings is 2. The highest BCUT2D eigenvalue weighted by Crippen LogP contribution is 2.19. The fraction of sp³-hybridized carbons (Fsp3) is 0.211. The third-order valence-electron chi connectivity index (χ3n) is 4.03. The molecule has 0 aliphatic heterocycles. The second-order valence-corrected chi connectivity index (χ2v) is 6.59. The minimum absolute atomic E-state index is 0.339. The van der Waals surface area contributed by atoms with Crippen LogP contribution in [0.5, 0.6) is 0 Å². The summed E-state index contributed by atoms with van der Waals surface area (Å²) >= 11 is 1.49. The van der Waals surface area contributed by atoms with E-state index in [2.05, 4.69) is 34.9 Å². The van der Waals surface area contributed by atoms with Crippen LogP contribution in [0.1, 0.15) is 33.2 Å². The summed E-state index contributed by atoms with van der Waals surface area (Å²) in [5.41, 5.74) is 3.14. The zero-order chi connectivity index (χ0) is 18.0. The lowest BCUT2D eigenvalue weighted by Crippen LogP contribution is -2.13. The van der Waals surface area contributed by atoms with Gasteiger partial charge in [0.25, 0.3) is 5.91 Å². The van der Waals surface area contributed by atoms with E-state index in [-0.39, 0.29) is 5.91 Å². The van der Waals surface area contributed by atoms with Gasteiger partial charge in [-0.3, -0.25) is 4.79 Å². The number of hydrogen-bond donors (Lipinski definition) is 0. The van der Waals surface area contributed by atoms with Gasteiger partial charge in [-0.1, -0.05) is 24.3 Å². The van der Waals surface area contributed by atoms with Gasteiger partial charge in [-0.15, -0.1) is 0 Å². The van der Waals surface area contributed by atoms with Crippen LogP contribution in [0.25, 0.3) is 10.2 Å². The molecule has 5 nitrogen and oxygen atoms in total. The SMILES string of the molecule is CCc1ccc2c(c1)sc(=NC(=O)c1ccc(C(=O)OC)cc1)n2C. The zero-order valence-electron chi connectivity index (χ0n) is 14.3. The summed E-state index contributed by atoms with van der Waals surface area (Å²) in [7, 11) is 3.22. The lowest BCUT2D eigenvalue weighted by atomic mass is 10.1. The summed E-state index contributed by atoms with van der Waals surface area (Å²) in [6.45, 7) is 2.11. The lowest BCUT2D eigenvalue weighted by Gasteiger charge is -2.00. The first-order valence-electron chi connectivity index (χ1n) is 7.89. The summed E-state index contributed by atoms with van der Waals surface area (Å²) < 4.78 is 7.67. The number of carbonyl (C=O) groups is 2. The standard InChI is InChI=1S/C19H18N2O3S/c1-4-12-5-10-15-16(11-12)25-19(21(15)2)20-17(22)13-6-8-14(9-7-13)18(23)24-3/h5-11H,4H2,1-3H3. The molecule has 0 aliphatic rings. The Labute approximate surface area is 149 Å².